The minimum absolute atomic E-state index is 0.0123. The first-order chi connectivity index (χ1) is 30.7. The van der Waals surface area contributed by atoms with Gasteiger partial charge in [0.05, 0.1) is 29.9 Å². The van der Waals surface area contributed by atoms with Crippen molar-refractivity contribution in [2.45, 2.75) is 86.5 Å². The Morgan fingerprint density at radius 2 is 0.984 bits per heavy atom. The van der Waals surface area contributed by atoms with E-state index >= 15 is 0 Å². The van der Waals surface area contributed by atoms with Crippen LogP contribution in [0, 0.1) is 0 Å². The number of hydrogen-bond donors (Lipinski definition) is 5. The summed E-state index contributed by atoms with van der Waals surface area (Å²) in [6, 6.07) is 42.5. The fourth-order valence-electron chi connectivity index (χ4n) is 8.48. The number of aliphatic hydroxyl groups excluding tert-OH is 4. The lowest BCUT2D eigenvalue weighted by molar-refractivity contribution is -0.403. The minimum Gasteiger partial charge on any atom is -0.452 e. The second-order valence-electron chi connectivity index (χ2n) is 16.8. The van der Waals surface area contributed by atoms with Gasteiger partial charge in [-0.2, -0.15) is 0 Å². The van der Waals surface area contributed by atoms with E-state index in [0.29, 0.717) is 0 Å². The van der Waals surface area contributed by atoms with Crippen LogP contribution in [0.25, 0.3) is 0 Å². The fourth-order valence-corrected chi connectivity index (χ4v) is 13.0. The summed E-state index contributed by atoms with van der Waals surface area (Å²) in [5.41, 5.74) is 0.114. The molecule has 14 nitrogen and oxygen atoms in total. The molecule has 2 fully saturated rings. The topological polar surface area (TPSA) is 208 Å². The van der Waals surface area contributed by atoms with Gasteiger partial charge < -0.3 is 53.6 Å². The summed E-state index contributed by atoms with van der Waals surface area (Å²) >= 11 is 0. The highest BCUT2D eigenvalue weighted by Crippen LogP contribution is 2.43. The monoisotopic (exact) mass is 892 g/mol. The van der Waals surface area contributed by atoms with Crippen molar-refractivity contribution in [3.63, 3.8) is 0 Å². The second-order valence-corrected chi connectivity index (χ2v) is 21.1. The Kier molecular flexibility index (Phi) is 14.2. The van der Waals surface area contributed by atoms with Gasteiger partial charge in [-0.15, -0.1) is 0 Å². The van der Waals surface area contributed by atoms with Gasteiger partial charge in [0.2, 0.25) is 5.79 Å². The number of hydrogen-bond acceptors (Lipinski definition) is 14. The minimum atomic E-state index is -3.48. The summed E-state index contributed by atoms with van der Waals surface area (Å²) < 4.78 is 38.4. The molecule has 10 atom stereocenters. The molecular formula is C49H52O14Si. The van der Waals surface area contributed by atoms with Crippen LogP contribution < -0.4 is 10.4 Å². The summed E-state index contributed by atoms with van der Waals surface area (Å²) in [5.74, 6) is -6.07. The molecule has 0 amide bonds. The van der Waals surface area contributed by atoms with Crippen LogP contribution >= 0.6 is 0 Å². The molecule has 2 aliphatic rings. The lowest BCUT2D eigenvalue weighted by atomic mass is 9.82. The van der Waals surface area contributed by atoms with Crippen molar-refractivity contribution < 1.29 is 68.0 Å². The van der Waals surface area contributed by atoms with Gasteiger partial charge in [0.15, 0.2) is 18.3 Å². The predicted molar refractivity (Wildman–Crippen MR) is 234 cm³/mol. The zero-order valence-corrected chi connectivity index (χ0v) is 36.5. The third-order valence-electron chi connectivity index (χ3n) is 11.7. The molecule has 2 heterocycles. The van der Waals surface area contributed by atoms with Crippen LogP contribution in [0.1, 0.15) is 51.8 Å². The Morgan fingerprint density at radius 1 is 0.578 bits per heavy atom. The highest BCUT2D eigenvalue weighted by molar-refractivity contribution is 6.99. The number of rotatable bonds is 13. The van der Waals surface area contributed by atoms with E-state index in [0.717, 1.165) is 10.4 Å². The lowest BCUT2D eigenvalue weighted by Crippen LogP contribution is -2.77. The van der Waals surface area contributed by atoms with E-state index in [1.165, 1.54) is 36.4 Å². The summed E-state index contributed by atoms with van der Waals surface area (Å²) in [4.78, 5) is 42.6. The van der Waals surface area contributed by atoms with Crippen molar-refractivity contribution in [3.8, 4) is 0 Å². The van der Waals surface area contributed by atoms with Crippen molar-refractivity contribution in [2.24, 2.45) is 0 Å². The van der Waals surface area contributed by atoms with Gasteiger partial charge in [0, 0.05) is 0 Å². The van der Waals surface area contributed by atoms with E-state index in [4.69, 9.17) is 28.1 Å². The molecule has 0 bridgehead atoms. The third kappa shape index (κ3) is 9.31. The molecule has 0 aromatic heterocycles. The maximum absolute atomic E-state index is 14.2. The second kappa shape index (κ2) is 19.7. The Hall–Kier alpha value is -5.59. The molecule has 15 heteroatoms. The molecule has 5 N–H and O–H groups in total. The van der Waals surface area contributed by atoms with Gasteiger partial charge in [0.25, 0.3) is 8.32 Å². The summed E-state index contributed by atoms with van der Waals surface area (Å²) in [6.45, 7) is 4.71. The molecule has 64 heavy (non-hydrogen) atoms. The molecule has 7 rings (SSSR count). The van der Waals surface area contributed by atoms with E-state index < -0.39 is 105 Å². The van der Waals surface area contributed by atoms with Crippen LogP contribution in [-0.4, -0.2) is 126 Å². The summed E-state index contributed by atoms with van der Waals surface area (Å²) in [7, 11) is -3.48. The normalized spacial score (nSPS) is 27.2. The van der Waals surface area contributed by atoms with Crippen LogP contribution in [0.15, 0.2) is 152 Å². The number of carbonyl (C=O) groups excluding carboxylic acids is 3. The quantitative estimate of drug-likeness (QED) is 0.0655. The van der Waals surface area contributed by atoms with E-state index in [2.05, 4.69) is 0 Å². The van der Waals surface area contributed by atoms with Gasteiger partial charge in [-0.1, -0.05) is 136 Å². The van der Waals surface area contributed by atoms with E-state index in [9.17, 15) is 39.9 Å². The van der Waals surface area contributed by atoms with Crippen molar-refractivity contribution in [2.75, 3.05) is 13.2 Å². The van der Waals surface area contributed by atoms with Crippen molar-refractivity contribution in [3.05, 3.63) is 168 Å². The predicted octanol–water partition coefficient (Wildman–Crippen LogP) is 3.17. The smallest absolute Gasteiger partial charge is 0.338 e. The van der Waals surface area contributed by atoms with Gasteiger partial charge in [-0.3, -0.25) is 0 Å². The van der Waals surface area contributed by atoms with Crippen molar-refractivity contribution in [1.29, 1.82) is 0 Å². The van der Waals surface area contributed by atoms with Crippen molar-refractivity contribution >= 4 is 36.6 Å². The molecule has 0 saturated carbocycles. The molecule has 0 radical (unpaired) electrons. The Morgan fingerprint density at radius 3 is 1.41 bits per heavy atom. The number of aliphatic hydroxyl groups is 5. The number of esters is 3. The SMILES string of the molecule is CC(C)(C)[Si](OC[C@H]1O[C@](O)(C2O[C@H](CO)[C@@H](O)[C@H](O)[C@H]2O)[C@H](OC(=O)c2ccccc2)[C@@H](OC(=O)c2ccccc2)[C@@H]1OC(=O)c1ccccc1)(c1ccccc1)c1ccccc1. The first kappa shape index (κ1) is 46.4. The van der Waals surface area contributed by atoms with Crippen LogP contribution in [0.2, 0.25) is 5.04 Å². The zero-order valence-electron chi connectivity index (χ0n) is 35.5. The number of ether oxygens (including phenoxy) is 5. The molecule has 1 unspecified atom stereocenters. The highest BCUT2D eigenvalue weighted by atomic mass is 28.4. The van der Waals surface area contributed by atoms with Gasteiger partial charge in [-0.05, 0) is 51.8 Å². The average molecular weight is 893 g/mol. The zero-order chi connectivity index (χ0) is 45.6. The maximum atomic E-state index is 14.2. The summed E-state index contributed by atoms with van der Waals surface area (Å²) in [6.07, 6.45) is -17.3. The molecule has 2 aliphatic heterocycles. The van der Waals surface area contributed by atoms with E-state index in [1.54, 1.807) is 54.6 Å². The Labute approximate surface area is 371 Å². The number of carbonyl (C=O) groups is 3. The number of benzene rings is 5. The molecule has 5 aromatic carbocycles. The van der Waals surface area contributed by atoms with Crippen LogP contribution in [-0.2, 0) is 28.1 Å². The summed E-state index contributed by atoms with van der Waals surface area (Å²) in [5, 5.41) is 58.2. The van der Waals surface area contributed by atoms with Crippen LogP contribution in [0.4, 0.5) is 0 Å². The fraction of sp³-hybridized carbons (Fsp3) is 0.327. The van der Waals surface area contributed by atoms with Gasteiger partial charge in [-0.25, -0.2) is 14.4 Å². The molecule has 0 aliphatic carbocycles. The first-order valence-corrected chi connectivity index (χ1v) is 22.8. The molecular weight excluding hydrogens is 841 g/mol. The third-order valence-corrected chi connectivity index (χ3v) is 16.7. The Bertz CT molecular complexity index is 2270. The van der Waals surface area contributed by atoms with Crippen molar-refractivity contribution in [1.82, 2.24) is 0 Å². The molecule has 2 saturated heterocycles. The highest BCUT2D eigenvalue weighted by Gasteiger charge is 2.67. The van der Waals surface area contributed by atoms with Crippen LogP contribution in [0.5, 0.6) is 0 Å². The molecule has 5 aromatic rings. The molecule has 0 spiro atoms. The Balaban J connectivity index is 1.43. The maximum Gasteiger partial charge on any atom is 0.338 e. The van der Waals surface area contributed by atoms with E-state index in [1.807, 2.05) is 81.4 Å². The average Bonchev–Trinajstić information content (AvgIpc) is 3.31. The first-order valence-electron chi connectivity index (χ1n) is 20.9. The van der Waals surface area contributed by atoms with Gasteiger partial charge >= 0.3 is 17.9 Å². The lowest BCUT2D eigenvalue weighted by Gasteiger charge is -2.54. The van der Waals surface area contributed by atoms with Crippen LogP contribution in [0.3, 0.4) is 0 Å². The molecule has 336 valence electrons. The largest absolute Gasteiger partial charge is 0.452 e. The van der Waals surface area contributed by atoms with Gasteiger partial charge in [0.1, 0.15) is 36.6 Å². The standard InChI is InChI=1S/C49H52O14Si/c1-48(2,3)64(34-25-15-7-16-26-34,35-27-17-8-18-28-35)58-30-37-41(60-45(54)31-19-9-4-10-20-31)42(61-46(55)32-21-11-5-12-22-32)44(62-47(56)33-23-13-6-14-24-33)49(57,63-37)43-40(53)39(52)38(51)36(29-50)59-43/h4-28,36-44,50-53,57H,29-30H2,1-3H3/t36-,37-,38-,39+,40-,41-,42+,43?,44-,49-/m1/s1. The van der Waals surface area contributed by atoms with E-state index in [-0.39, 0.29) is 16.7 Å².